The van der Waals surface area contributed by atoms with E-state index in [1.54, 1.807) is 0 Å². The summed E-state index contributed by atoms with van der Waals surface area (Å²) in [5.41, 5.74) is 0. The zero-order chi connectivity index (χ0) is 7.52. The second-order valence-electron chi connectivity index (χ2n) is 3.18. The Bertz CT molecular complexity index is 103. The van der Waals surface area contributed by atoms with E-state index in [2.05, 4.69) is 5.32 Å². The molecule has 3 nitrogen and oxygen atoms in total. The van der Waals surface area contributed by atoms with Gasteiger partial charge in [-0.2, -0.15) is 0 Å². The summed E-state index contributed by atoms with van der Waals surface area (Å²) in [6.07, 6.45) is 4.17. The molecule has 0 spiro atoms. The zero-order valence-corrected chi connectivity index (χ0v) is 6.71. The molecule has 2 heterocycles. The molecule has 64 valence electrons. The SMILES string of the molecule is C1COC(CC2NCCO2)C1. The summed E-state index contributed by atoms with van der Waals surface area (Å²) < 4.78 is 10.9. The highest BCUT2D eigenvalue weighted by Gasteiger charge is 2.22. The lowest BCUT2D eigenvalue weighted by atomic mass is 10.2. The fourth-order valence-corrected chi connectivity index (χ4v) is 1.70. The molecule has 0 aromatic heterocycles. The van der Waals surface area contributed by atoms with Crippen LogP contribution < -0.4 is 5.32 Å². The van der Waals surface area contributed by atoms with Crippen molar-refractivity contribution in [3.8, 4) is 0 Å². The molecule has 3 heteroatoms. The van der Waals surface area contributed by atoms with E-state index < -0.39 is 0 Å². The van der Waals surface area contributed by atoms with Gasteiger partial charge in [-0.25, -0.2) is 0 Å². The maximum atomic E-state index is 5.49. The fourth-order valence-electron chi connectivity index (χ4n) is 1.70. The first-order chi connectivity index (χ1) is 5.45. The van der Waals surface area contributed by atoms with E-state index in [4.69, 9.17) is 9.47 Å². The van der Waals surface area contributed by atoms with Crippen LogP contribution in [0.5, 0.6) is 0 Å². The number of hydrogen-bond donors (Lipinski definition) is 1. The van der Waals surface area contributed by atoms with Crippen molar-refractivity contribution in [2.45, 2.75) is 31.6 Å². The maximum Gasteiger partial charge on any atom is 0.110 e. The number of rotatable bonds is 2. The summed E-state index contributed by atoms with van der Waals surface area (Å²) in [4.78, 5) is 0. The van der Waals surface area contributed by atoms with E-state index in [0.717, 1.165) is 26.2 Å². The van der Waals surface area contributed by atoms with Gasteiger partial charge in [0.05, 0.1) is 12.7 Å². The zero-order valence-electron chi connectivity index (χ0n) is 6.71. The summed E-state index contributed by atoms with van der Waals surface area (Å²) in [6, 6.07) is 0. The van der Waals surface area contributed by atoms with Gasteiger partial charge < -0.3 is 9.47 Å². The molecule has 0 aromatic carbocycles. The van der Waals surface area contributed by atoms with Gasteiger partial charge in [0, 0.05) is 19.6 Å². The van der Waals surface area contributed by atoms with Crippen molar-refractivity contribution in [1.29, 1.82) is 0 Å². The predicted molar refractivity (Wildman–Crippen MR) is 41.3 cm³/mol. The van der Waals surface area contributed by atoms with Gasteiger partial charge in [-0.3, -0.25) is 5.32 Å². The van der Waals surface area contributed by atoms with Gasteiger partial charge in [-0.1, -0.05) is 0 Å². The third-order valence-electron chi connectivity index (χ3n) is 2.29. The summed E-state index contributed by atoms with van der Waals surface area (Å²) in [6.45, 7) is 2.80. The Morgan fingerprint density at radius 1 is 1.27 bits per heavy atom. The van der Waals surface area contributed by atoms with E-state index in [-0.39, 0.29) is 6.23 Å². The minimum absolute atomic E-state index is 0.262. The normalized spacial score (nSPS) is 38.2. The molecular formula is C8H15NO2. The molecule has 2 aliphatic rings. The van der Waals surface area contributed by atoms with Crippen molar-refractivity contribution in [3.63, 3.8) is 0 Å². The quantitative estimate of drug-likeness (QED) is 0.633. The topological polar surface area (TPSA) is 30.5 Å². The summed E-state index contributed by atoms with van der Waals surface area (Å²) in [7, 11) is 0. The van der Waals surface area contributed by atoms with Crippen LogP contribution in [0.2, 0.25) is 0 Å². The summed E-state index contributed by atoms with van der Waals surface area (Å²) >= 11 is 0. The Kier molecular flexibility index (Phi) is 2.41. The maximum absolute atomic E-state index is 5.49. The third-order valence-corrected chi connectivity index (χ3v) is 2.29. The highest BCUT2D eigenvalue weighted by molar-refractivity contribution is 4.72. The van der Waals surface area contributed by atoms with E-state index in [1.165, 1.54) is 12.8 Å². The Morgan fingerprint density at radius 2 is 2.27 bits per heavy atom. The average molecular weight is 157 g/mol. The van der Waals surface area contributed by atoms with Crippen molar-refractivity contribution in [2.24, 2.45) is 0 Å². The largest absolute Gasteiger partial charge is 0.378 e. The molecule has 2 aliphatic heterocycles. The van der Waals surface area contributed by atoms with Crippen LogP contribution in [0.1, 0.15) is 19.3 Å². The lowest BCUT2D eigenvalue weighted by Gasteiger charge is -2.14. The highest BCUT2D eigenvalue weighted by Crippen LogP contribution is 2.18. The summed E-state index contributed by atoms with van der Waals surface area (Å²) in [5, 5.41) is 3.28. The van der Waals surface area contributed by atoms with Crippen LogP contribution in [0.25, 0.3) is 0 Å². The Balaban J connectivity index is 1.71. The third kappa shape index (κ3) is 1.92. The van der Waals surface area contributed by atoms with Crippen molar-refractivity contribution >= 4 is 0 Å². The van der Waals surface area contributed by atoms with Crippen LogP contribution in [-0.2, 0) is 9.47 Å². The van der Waals surface area contributed by atoms with Crippen LogP contribution >= 0.6 is 0 Å². The Hall–Kier alpha value is -0.120. The second kappa shape index (κ2) is 3.52. The van der Waals surface area contributed by atoms with Crippen LogP contribution in [0, 0.1) is 0 Å². The smallest absolute Gasteiger partial charge is 0.110 e. The average Bonchev–Trinajstić information content (AvgIpc) is 2.60. The molecule has 0 aliphatic carbocycles. The van der Waals surface area contributed by atoms with Crippen LogP contribution in [0.4, 0.5) is 0 Å². The van der Waals surface area contributed by atoms with Crippen molar-refractivity contribution in [2.75, 3.05) is 19.8 Å². The minimum atomic E-state index is 0.262. The molecule has 0 saturated carbocycles. The van der Waals surface area contributed by atoms with Gasteiger partial charge in [0.15, 0.2) is 0 Å². The van der Waals surface area contributed by atoms with Crippen LogP contribution in [0.15, 0.2) is 0 Å². The molecule has 0 aromatic rings. The lowest BCUT2D eigenvalue weighted by molar-refractivity contribution is 0.0298. The number of ether oxygens (including phenoxy) is 2. The van der Waals surface area contributed by atoms with E-state index in [0.29, 0.717) is 6.10 Å². The number of nitrogens with one attached hydrogen (secondary N) is 1. The molecule has 2 atom stereocenters. The van der Waals surface area contributed by atoms with E-state index in [9.17, 15) is 0 Å². The molecule has 11 heavy (non-hydrogen) atoms. The van der Waals surface area contributed by atoms with Gasteiger partial charge in [-0.05, 0) is 12.8 Å². The van der Waals surface area contributed by atoms with Crippen LogP contribution in [-0.4, -0.2) is 32.1 Å². The molecule has 2 rings (SSSR count). The highest BCUT2D eigenvalue weighted by atomic mass is 16.5. The first-order valence-corrected chi connectivity index (χ1v) is 4.42. The van der Waals surface area contributed by atoms with E-state index >= 15 is 0 Å². The monoisotopic (exact) mass is 157 g/mol. The molecule has 2 unspecified atom stereocenters. The molecule has 0 bridgehead atoms. The Morgan fingerprint density at radius 3 is 2.91 bits per heavy atom. The van der Waals surface area contributed by atoms with Crippen molar-refractivity contribution in [1.82, 2.24) is 5.32 Å². The lowest BCUT2D eigenvalue weighted by Crippen LogP contribution is -2.27. The molecule has 2 saturated heterocycles. The first kappa shape index (κ1) is 7.53. The van der Waals surface area contributed by atoms with Crippen molar-refractivity contribution in [3.05, 3.63) is 0 Å². The van der Waals surface area contributed by atoms with Gasteiger partial charge in [0.25, 0.3) is 0 Å². The van der Waals surface area contributed by atoms with Gasteiger partial charge in [0.1, 0.15) is 6.23 Å². The standard InChI is InChI=1S/C8H15NO2/c1-2-7(10-4-1)6-8-9-3-5-11-8/h7-9H,1-6H2. The predicted octanol–water partition coefficient (Wildman–Crippen LogP) is 0.501. The molecule has 0 amide bonds. The van der Waals surface area contributed by atoms with E-state index in [1.807, 2.05) is 0 Å². The van der Waals surface area contributed by atoms with Gasteiger partial charge >= 0.3 is 0 Å². The fraction of sp³-hybridized carbons (Fsp3) is 1.00. The summed E-state index contributed by atoms with van der Waals surface area (Å²) in [5.74, 6) is 0. The molecule has 0 radical (unpaired) electrons. The van der Waals surface area contributed by atoms with Gasteiger partial charge in [-0.15, -0.1) is 0 Å². The van der Waals surface area contributed by atoms with Crippen molar-refractivity contribution < 1.29 is 9.47 Å². The molecule has 2 fully saturated rings. The molecule has 1 N–H and O–H groups in total. The molecular weight excluding hydrogens is 142 g/mol. The van der Waals surface area contributed by atoms with Crippen LogP contribution in [0.3, 0.4) is 0 Å². The van der Waals surface area contributed by atoms with Gasteiger partial charge in [0.2, 0.25) is 0 Å². The first-order valence-electron chi connectivity index (χ1n) is 4.42. The minimum Gasteiger partial charge on any atom is -0.378 e. The number of hydrogen-bond acceptors (Lipinski definition) is 3. The second-order valence-corrected chi connectivity index (χ2v) is 3.18. The Labute approximate surface area is 67.1 Å².